The molecule has 1 unspecified atom stereocenters. The van der Waals surface area contributed by atoms with Crippen LogP contribution < -0.4 is 10.2 Å². The Morgan fingerprint density at radius 2 is 2.08 bits per heavy atom. The number of carbonyl (C=O) groups is 1. The van der Waals surface area contributed by atoms with Crippen molar-refractivity contribution >= 4 is 5.91 Å². The molecule has 8 heteroatoms. The lowest BCUT2D eigenvalue weighted by atomic mass is 10.0. The van der Waals surface area contributed by atoms with E-state index < -0.39 is 23.6 Å². The zero-order valence-corrected chi connectivity index (χ0v) is 14.6. The maximum Gasteiger partial charge on any atom is 0.297 e. The average Bonchev–Trinajstić information content (AvgIpc) is 2.60. The number of pyridine rings is 1. The fraction of sp³-hybridized carbons (Fsp3) is 0.333. The minimum Gasteiger partial charge on any atom is -0.460 e. The van der Waals surface area contributed by atoms with Gasteiger partial charge in [-0.15, -0.1) is 0 Å². The fourth-order valence-corrected chi connectivity index (χ4v) is 2.61. The molecule has 1 atom stereocenters. The number of fused-ring (bicyclic) bond motifs is 1. The number of benzene rings is 1. The number of aromatic nitrogens is 1. The summed E-state index contributed by atoms with van der Waals surface area (Å²) < 4.78 is 24.4. The summed E-state index contributed by atoms with van der Waals surface area (Å²) in [7, 11) is 1.30. The Labute approximate surface area is 149 Å². The Balaban J connectivity index is 2.06. The lowest BCUT2D eigenvalue weighted by Gasteiger charge is -2.33. The molecule has 0 saturated heterocycles. The number of aliphatic hydroxyl groups is 1. The molecule has 0 spiro atoms. The number of aliphatic hydroxyl groups excluding tert-OH is 1. The average molecular weight is 362 g/mol. The predicted octanol–water partition coefficient (Wildman–Crippen LogP) is 2.24. The molecule has 0 radical (unpaired) electrons. The van der Waals surface area contributed by atoms with Crippen molar-refractivity contribution in [2.45, 2.75) is 32.3 Å². The van der Waals surface area contributed by atoms with Crippen LogP contribution in [-0.2, 0) is 16.2 Å². The molecule has 1 aromatic heterocycles. The van der Waals surface area contributed by atoms with Crippen molar-refractivity contribution in [2.24, 2.45) is 0 Å². The van der Waals surface area contributed by atoms with Gasteiger partial charge in [-0.05, 0) is 23.8 Å². The Morgan fingerprint density at radius 3 is 2.73 bits per heavy atom. The van der Waals surface area contributed by atoms with Gasteiger partial charge in [0, 0.05) is 19.4 Å². The van der Waals surface area contributed by atoms with Crippen molar-refractivity contribution in [3.63, 3.8) is 0 Å². The van der Waals surface area contributed by atoms with Crippen molar-refractivity contribution in [3.05, 3.63) is 58.7 Å². The number of halogens is 1. The predicted molar refractivity (Wildman–Crippen MR) is 88.7 cm³/mol. The minimum absolute atomic E-state index is 0.0307. The van der Waals surface area contributed by atoms with Crippen LogP contribution >= 0.6 is 0 Å². The van der Waals surface area contributed by atoms with Gasteiger partial charge in [0.1, 0.15) is 11.9 Å². The van der Waals surface area contributed by atoms with Gasteiger partial charge in [-0.2, -0.15) is 0 Å². The third kappa shape index (κ3) is 3.67. The largest absolute Gasteiger partial charge is 0.460 e. The normalized spacial score (nSPS) is 16.3. The van der Waals surface area contributed by atoms with Gasteiger partial charge in [0.25, 0.3) is 5.91 Å². The summed E-state index contributed by atoms with van der Waals surface area (Å²) in [5.41, 5.74) is 3.39. The van der Waals surface area contributed by atoms with E-state index >= 15 is 0 Å². The van der Waals surface area contributed by atoms with Gasteiger partial charge >= 0.3 is 0 Å². The van der Waals surface area contributed by atoms with E-state index in [9.17, 15) is 14.3 Å². The molecule has 1 aliphatic rings. The molecule has 1 amide bonds. The standard InChI is InChI=1S/C18H19FN2O5/c1-18(2)25-9-11-8-13(15(22)10-4-6-12(19)7-5-10)20-14(16(11)26-18)17(23)21-24-3/h4-8,15,22H,9H2,1-3H3,(H,21,23). The molecule has 0 aliphatic carbocycles. The van der Waals surface area contributed by atoms with E-state index in [2.05, 4.69) is 15.3 Å². The van der Waals surface area contributed by atoms with Crippen LogP contribution in [0.2, 0.25) is 0 Å². The highest BCUT2D eigenvalue weighted by molar-refractivity contribution is 5.94. The Kier molecular flexibility index (Phi) is 4.90. The van der Waals surface area contributed by atoms with Crippen molar-refractivity contribution in [2.75, 3.05) is 7.11 Å². The highest BCUT2D eigenvalue weighted by Crippen LogP contribution is 2.36. The number of nitrogens with zero attached hydrogens (tertiary/aromatic N) is 1. The van der Waals surface area contributed by atoms with Crippen LogP contribution in [0, 0.1) is 5.82 Å². The maximum atomic E-state index is 13.1. The molecule has 7 nitrogen and oxygen atoms in total. The van der Waals surface area contributed by atoms with E-state index in [-0.39, 0.29) is 23.7 Å². The third-order valence-electron chi connectivity index (χ3n) is 3.87. The molecule has 26 heavy (non-hydrogen) atoms. The van der Waals surface area contributed by atoms with E-state index in [4.69, 9.17) is 9.47 Å². The van der Waals surface area contributed by atoms with E-state index in [0.29, 0.717) is 11.1 Å². The summed E-state index contributed by atoms with van der Waals surface area (Å²) in [6.07, 6.45) is -1.15. The first-order valence-corrected chi connectivity index (χ1v) is 7.94. The van der Waals surface area contributed by atoms with E-state index in [1.807, 2.05) is 0 Å². The van der Waals surface area contributed by atoms with Gasteiger partial charge in [0.05, 0.1) is 19.4 Å². The van der Waals surface area contributed by atoms with Crippen LogP contribution in [0.5, 0.6) is 5.75 Å². The molecule has 2 heterocycles. The monoisotopic (exact) mass is 362 g/mol. The first-order valence-electron chi connectivity index (χ1n) is 7.94. The van der Waals surface area contributed by atoms with E-state index in [1.54, 1.807) is 19.9 Å². The van der Waals surface area contributed by atoms with Crippen LogP contribution in [0.3, 0.4) is 0 Å². The number of hydrogen-bond acceptors (Lipinski definition) is 6. The Bertz CT molecular complexity index is 823. The molecular weight excluding hydrogens is 343 g/mol. The molecule has 2 aromatic rings. The Hall–Kier alpha value is -2.55. The number of amides is 1. The van der Waals surface area contributed by atoms with Crippen molar-refractivity contribution in [1.82, 2.24) is 10.5 Å². The highest BCUT2D eigenvalue weighted by Gasteiger charge is 2.33. The highest BCUT2D eigenvalue weighted by atomic mass is 19.1. The lowest BCUT2D eigenvalue weighted by molar-refractivity contribution is -0.180. The smallest absolute Gasteiger partial charge is 0.297 e. The third-order valence-corrected chi connectivity index (χ3v) is 3.87. The zero-order valence-electron chi connectivity index (χ0n) is 14.6. The molecule has 0 fully saturated rings. The first-order chi connectivity index (χ1) is 12.3. The van der Waals surface area contributed by atoms with Gasteiger partial charge in [0.2, 0.25) is 5.79 Å². The number of hydrogen-bond donors (Lipinski definition) is 2. The number of ether oxygens (including phenoxy) is 2. The summed E-state index contributed by atoms with van der Waals surface area (Å²) in [6.45, 7) is 3.62. The number of carbonyl (C=O) groups excluding carboxylic acids is 1. The van der Waals surface area contributed by atoms with Crippen molar-refractivity contribution < 1.29 is 28.6 Å². The summed E-state index contributed by atoms with van der Waals surface area (Å²) in [4.78, 5) is 21.3. The van der Waals surface area contributed by atoms with Crippen LogP contribution in [0.25, 0.3) is 0 Å². The quantitative estimate of drug-likeness (QED) is 0.811. The number of nitrogens with one attached hydrogen (secondary N) is 1. The van der Waals surface area contributed by atoms with Gasteiger partial charge in [-0.25, -0.2) is 14.9 Å². The van der Waals surface area contributed by atoms with Crippen LogP contribution in [-0.4, -0.2) is 28.9 Å². The second-order valence-corrected chi connectivity index (χ2v) is 6.26. The summed E-state index contributed by atoms with van der Waals surface area (Å²) in [6, 6.07) is 6.98. The summed E-state index contributed by atoms with van der Waals surface area (Å²) >= 11 is 0. The summed E-state index contributed by atoms with van der Waals surface area (Å²) in [5.74, 6) is -1.68. The molecule has 2 N–H and O–H groups in total. The molecule has 1 aliphatic heterocycles. The van der Waals surface area contributed by atoms with Gasteiger partial charge in [0.15, 0.2) is 11.4 Å². The maximum absolute atomic E-state index is 13.1. The second-order valence-electron chi connectivity index (χ2n) is 6.26. The van der Waals surface area contributed by atoms with Crippen molar-refractivity contribution in [1.29, 1.82) is 0 Å². The molecule has 0 saturated carbocycles. The van der Waals surface area contributed by atoms with E-state index in [1.165, 1.54) is 31.4 Å². The Morgan fingerprint density at radius 1 is 1.38 bits per heavy atom. The SMILES string of the molecule is CONC(=O)c1nc(C(O)c2ccc(F)cc2)cc2c1OC(C)(C)OC2. The van der Waals surface area contributed by atoms with Crippen LogP contribution in [0.4, 0.5) is 4.39 Å². The number of rotatable bonds is 4. The van der Waals surface area contributed by atoms with Gasteiger partial charge < -0.3 is 14.6 Å². The minimum atomic E-state index is -1.15. The second kappa shape index (κ2) is 6.99. The van der Waals surface area contributed by atoms with Crippen LogP contribution in [0.1, 0.15) is 47.3 Å². The topological polar surface area (TPSA) is 89.9 Å². The molecule has 0 bridgehead atoms. The zero-order chi connectivity index (χ0) is 18.9. The van der Waals surface area contributed by atoms with E-state index in [0.717, 1.165) is 0 Å². The summed E-state index contributed by atoms with van der Waals surface area (Å²) in [5, 5.41) is 10.6. The fourth-order valence-electron chi connectivity index (χ4n) is 2.61. The van der Waals surface area contributed by atoms with Crippen molar-refractivity contribution in [3.8, 4) is 5.75 Å². The number of hydroxylamine groups is 1. The first kappa shape index (κ1) is 18.2. The molecular formula is C18H19FN2O5. The lowest BCUT2D eigenvalue weighted by Crippen LogP contribution is -2.37. The van der Waals surface area contributed by atoms with Gasteiger partial charge in [-0.1, -0.05) is 12.1 Å². The molecule has 3 rings (SSSR count). The molecule has 1 aromatic carbocycles. The van der Waals surface area contributed by atoms with Gasteiger partial charge in [-0.3, -0.25) is 9.63 Å². The molecule has 138 valence electrons. The van der Waals surface area contributed by atoms with Crippen LogP contribution in [0.15, 0.2) is 30.3 Å².